The predicted molar refractivity (Wildman–Crippen MR) is 108 cm³/mol. The van der Waals surface area contributed by atoms with Gasteiger partial charge in [0.25, 0.3) is 0 Å². The van der Waals surface area contributed by atoms with E-state index in [1.54, 1.807) is 0 Å². The minimum atomic E-state index is -0.147. The molecule has 0 saturated heterocycles. The summed E-state index contributed by atoms with van der Waals surface area (Å²) < 4.78 is 16.6. The van der Waals surface area contributed by atoms with E-state index in [0.717, 1.165) is 17.9 Å². The largest absolute Gasteiger partial charge is 0.494 e. The molecule has 0 aromatic heterocycles. The molecule has 146 valence electrons. The summed E-state index contributed by atoms with van der Waals surface area (Å²) in [4.78, 5) is 12.2. The standard InChI is InChI=1S/C21H28N2O4/c1-3-12-26-18-9-7-8-17(15-18)23-21(24)16-22-19-10-5-6-11-20(19)27-14-13-25-4-2/h5-11,15,22H,3-4,12-14,16H2,1-2H3,(H,23,24). The highest BCUT2D eigenvalue weighted by atomic mass is 16.5. The fourth-order valence-electron chi connectivity index (χ4n) is 2.36. The molecule has 2 aromatic carbocycles. The molecule has 27 heavy (non-hydrogen) atoms. The van der Waals surface area contributed by atoms with E-state index in [4.69, 9.17) is 14.2 Å². The molecule has 2 N–H and O–H groups in total. The van der Waals surface area contributed by atoms with Gasteiger partial charge < -0.3 is 24.8 Å². The van der Waals surface area contributed by atoms with E-state index in [1.807, 2.05) is 55.5 Å². The summed E-state index contributed by atoms with van der Waals surface area (Å²) in [5, 5.41) is 5.98. The van der Waals surface area contributed by atoms with Gasteiger partial charge in [-0.05, 0) is 37.6 Å². The number of benzene rings is 2. The van der Waals surface area contributed by atoms with Crippen LogP contribution in [0.2, 0.25) is 0 Å². The van der Waals surface area contributed by atoms with Crippen LogP contribution in [0.4, 0.5) is 11.4 Å². The average molecular weight is 372 g/mol. The number of carbonyl (C=O) groups excluding carboxylic acids is 1. The van der Waals surface area contributed by atoms with Gasteiger partial charge in [-0.2, -0.15) is 0 Å². The van der Waals surface area contributed by atoms with Crippen molar-refractivity contribution in [2.24, 2.45) is 0 Å². The van der Waals surface area contributed by atoms with E-state index in [2.05, 4.69) is 17.6 Å². The van der Waals surface area contributed by atoms with Crippen molar-refractivity contribution < 1.29 is 19.0 Å². The Bertz CT molecular complexity index is 706. The summed E-state index contributed by atoms with van der Waals surface area (Å²) in [7, 11) is 0. The van der Waals surface area contributed by atoms with E-state index < -0.39 is 0 Å². The van der Waals surface area contributed by atoms with Gasteiger partial charge in [-0.1, -0.05) is 25.1 Å². The van der Waals surface area contributed by atoms with E-state index in [-0.39, 0.29) is 12.5 Å². The minimum absolute atomic E-state index is 0.131. The lowest BCUT2D eigenvalue weighted by Crippen LogP contribution is -2.22. The summed E-state index contributed by atoms with van der Waals surface area (Å²) in [5.41, 5.74) is 1.47. The topological polar surface area (TPSA) is 68.8 Å². The minimum Gasteiger partial charge on any atom is -0.494 e. The van der Waals surface area contributed by atoms with Crippen LogP contribution >= 0.6 is 0 Å². The molecule has 0 heterocycles. The second-order valence-corrected chi connectivity index (χ2v) is 5.82. The number of anilines is 2. The molecule has 6 nitrogen and oxygen atoms in total. The maximum Gasteiger partial charge on any atom is 0.243 e. The van der Waals surface area contributed by atoms with E-state index in [1.165, 1.54) is 0 Å². The van der Waals surface area contributed by atoms with E-state index >= 15 is 0 Å². The van der Waals surface area contributed by atoms with Crippen molar-refractivity contribution in [2.45, 2.75) is 20.3 Å². The zero-order valence-corrected chi connectivity index (χ0v) is 16.0. The number of hydrogen-bond donors (Lipinski definition) is 2. The Kier molecular flexibility index (Phi) is 9.00. The average Bonchev–Trinajstić information content (AvgIpc) is 2.69. The van der Waals surface area contributed by atoms with Crippen molar-refractivity contribution >= 4 is 17.3 Å². The zero-order chi connectivity index (χ0) is 19.3. The predicted octanol–water partition coefficient (Wildman–Crippen LogP) is 3.94. The van der Waals surface area contributed by atoms with Gasteiger partial charge in [0, 0.05) is 18.4 Å². The lowest BCUT2D eigenvalue weighted by molar-refractivity contribution is -0.114. The molecule has 2 rings (SSSR count). The number of amides is 1. The number of hydrogen-bond acceptors (Lipinski definition) is 5. The smallest absolute Gasteiger partial charge is 0.243 e. The van der Waals surface area contributed by atoms with Crippen LogP contribution in [0, 0.1) is 0 Å². The second kappa shape index (κ2) is 11.8. The first-order chi connectivity index (χ1) is 13.2. The molecule has 0 bridgehead atoms. The molecule has 0 atom stereocenters. The van der Waals surface area contributed by atoms with E-state index in [0.29, 0.717) is 37.9 Å². The second-order valence-electron chi connectivity index (χ2n) is 5.82. The Labute approximate surface area is 160 Å². The van der Waals surface area contributed by atoms with Gasteiger partial charge in [0.1, 0.15) is 18.1 Å². The molecule has 0 saturated carbocycles. The summed E-state index contributed by atoms with van der Waals surface area (Å²) >= 11 is 0. The molecule has 0 aliphatic carbocycles. The van der Waals surface area contributed by atoms with Crippen molar-refractivity contribution in [1.29, 1.82) is 0 Å². The molecule has 0 aliphatic rings. The van der Waals surface area contributed by atoms with Crippen LogP contribution in [-0.4, -0.2) is 38.9 Å². The van der Waals surface area contributed by atoms with Gasteiger partial charge in [-0.15, -0.1) is 0 Å². The maximum atomic E-state index is 12.2. The first kappa shape index (κ1) is 20.6. The molecule has 0 spiro atoms. The Morgan fingerprint density at radius 3 is 2.63 bits per heavy atom. The van der Waals surface area contributed by atoms with Gasteiger partial charge in [-0.25, -0.2) is 0 Å². The lowest BCUT2D eigenvalue weighted by Gasteiger charge is -2.13. The van der Waals surface area contributed by atoms with Crippen LogP contribution in [0.5, 0.6) is 11.5 Å². The van der Waals surface area contributed by atoms with Crippen molar-refractivity contribution in [3.8, 4) is 11.5 Å². The summed E-state index contributed by atoms with van der Waals surface area (Å²) in [6.07, 6.45) is 0.937. The number of carbonyl (C=O) groups is 1. The summed E-state index contributed by atoms with van der Waals surface area (Å²) in [6, 6.07) is 14.9. The van der Waals surface area contributed by atoms with Gasteiger partial charge in [-0.3, -0.25) is 4.79 Å². The molecular weight excluding hydrogens is 344 g/mol. The third kappa shape index (κ3) is 7.58. The van der Waals surface area contributed by atoms with Gasteiger partial charge >= 0.3 is 0 Å². The fourth-order valence-corrected chi connectivity index (χ4v) is 2.36. The normalized spacial score (nSPS) is 10.3. The molecule has 0 aliphatic heterocycles. The van der Waals surface area contributed by atoms with Crippen LogP contribution < -0.4 is 20.1 Å². The molecule has 0 radical (unpaired) electrons. The SMILES string of the molecule is CCCOc1cccc(NC(=O)CNc2ccccc2OCCOCC)c1. The molecule has 6 heteroatoms. The fraction of sp³-hybridized carbons (Fsp3) is 0.381. The Morgan fingerprint density at radius 2 is 1.81 bits per heavy atom. The number of rotatable bonds is 12. The van der Waals surface area contributed by atoms with Crippen molar-refractivity contribution in [2.75, 3.05) is 43.6 Å². The van der Waals surface area contributed by atoms with Gasteiger partial charge in [0.15, 0.2) is 0 Å². The monoisotopic (exact) mass is 372 g/mol. The van der Waals surface area contributed by atoms with Crippen LogP contribution in [0.3, 0.4) is 0 Å². The maximum absolute atomic E-state index is 12.2. The number of nitrogens with one attached hydrogen (secondary N) is 2. The van der Waals surface area contributed by atoms with Gasteiger partial charge in [0.2, 0.25) is 5.91 Å². The van der Waals surface area contributed by atoms with Crippen LogP contribution in [0.1, 0.15) is 20.3 Å². The van der Waals surface area contributed by atoms with E-state index in [9.17, 15) is 4.79 Å². The third-order valence-electron chi connectivity index (χ3n) is 3.61. The molecule has 0 fully saturated rings. The quantitative estimate of drug-likeness (QED) is 0.552. The zero-order valence-electron chi connectivity index (χ0n) is 16.0. The highest BCUT2D eigenvalue weighted by Crippen LogP contribution is 2.23. The Balaban J connectivity index is 1.85. The van der Waals surface area contributed by atoms with Crippen LogP contribution in [-0.2, 0) is 9.53 Å². The van der Waals surface area contributed by atoms with Crippen molar-refractivity contribution in [3.05, 3.63) is 48.5 Å². The van der Waals surface area contributed by atoms with Crippen LogP contribution in [0.15, 0.2) is 48.5 Å². The highest BCUT2D eigenvalue weighted by Gasteiger charge is 2.07. The first-order valence-corrected chi connectivity index (χ1v) is 9.29. The highest BCUT2D eigenvalue weighted by molar-refractivity contribution is 5.94. The number of para-hydroxylation sites is 2. The Morgan fingerprint density at radius 1 is 0.963 bits per heavy atom. The van der Waals surface area contributed by atoms with Crippen molar-refractivity contribution in [3.63, 3.8) is 0 Å². The molecule has 0 unspecified atom stereocenters. The van der Waals surface area contributed by atoms with Crippen molar-refractivity contribution in [1.82, 2.24) is 0 Å². The van der Waals surface area contributed by atoms with Crippen LogP contribution in [0.25, 0.3) is 0 Å². The summed E-state index contributed by atoms with van der Waals surface area (Å²) in [5.74, 6) is 1.29. The van der Waals surface area contributed by atoms with Gasteiger partial charge in [0.05, 0.1) is 25.4 Å². The summed E-state index contributed by atoms with van der Waals surface area (Å²) in [6.45, 7) is 6.43. The molecule has 1 amide bonds. The molecular formula is C21H28N2O4. The lowest BCUT2D eigenvalue weighted by atomic mass is 10.3. The first-order valence-electron chi connectivity index (χ1n) is 9.29. The Hall–Kier alpha value is -2.73. The molecule has 2 aromatic rings. The third-order valence-corrected chi connectivity index (χ3v) is 3.61. The number of ether oxygens (including phenoxy) is 3.